The first kappa shape index (κ1) is 22.7. The smallest absolute Gasteiger partial charge is 0.497 e. The van der Waals surface area contributed by atoms with E-state index in [4.69, 9.17) is 9.47 Å². The van der Waals surface area contributed by atoms with Crippen molar-refractivity contribution >= 4 is 18.0 Å². The van der Waals surface area contributed by atoms with Crippen molar-refractivity contribution in [1.82, 2.24) is 10.6 Å². The fraction of sp³-hybridized carbons (Fsp3) is 0.318. The standard InChI is InChI=1S/C22H26N2O6/c1-3-29-22(27)30-18-10-8-17(9-11-18)21(26)24-14-13-23-20(25)12-7-16-5-4-6-19(15-16)28-2/h4-6,8-11,15H,3,7,12-14H2,1-2H3,(H,23,25)(H,24,26). The van der Waals surface area contributed by atoms with Crippen LogP contribution in [0, 0.1) is 0 Å². The molecule has 2 N–H and O–H groups in total. The Morgan fingerprint density at radius 3 is 2.37 bits per heavy atom. The molecule has 8 heteroatoms. The van der Waals surface area contributed by atoms with E-state index in [1.165, 1.54) is 24.3 Å². The zero-order valence-corrected chi connectivity index (χ0v) is 17.1. The quantitative estimate of drug-likeness (QED) is 0.352. The third kappa shape index (κ3) is 7.83. The van der Waals surface area contributed by atoms with E-state index >= 15 is 0 Å². The van der Waals surface area contributed by atoms with Crippen molar-refractivity contribution in [2.24, 2.45) is 0 Å². The van der Waals surface area contributed by atoms with Crippen molar-refractivity contribution in [1.29, 1.82) is 0 Å². The molecule has 2 amide bonds. The molecule has 2 rings (SSSR count). The van der Waals surface area contributed by atoms with Crippen LogP contribution in [0.3, 0.4) is 0 Å². The van der Waals surface area contributed by atoms with Gasteiger partial charge in [0.1, 0.15) is 11.5 Å². The Labute approximate surface area is 175 Å². The molecule has 0 spiro atoms. The maximum atomic E-state index is 12.1. The molecule has 0 aliphatic carbocycles. The van der Waals surface area contributed by atoms with Crippen LogP contribution in [0.2, 0.25) is 0 Å². The van der Waals surface area contributed by atoms with Crippen molar-refractivity contribution in [2.45, 2.75) is 19.8 Å². The lowest BCUT2D eigenvalue weighted by atomic mass is 10.1. The lowest BCUT2D eigenvalue weighted by Crippen LogP contribution is -2.34. The Bertz CT molecular complexity index is 851. The first-order chi connectivity index (χ1) is 14.5. The number of aryl methyl sites for hydroxylation is 1. The van der Waals surface area contributed by atoms with E-state index in [0.29, 0.717) is 31.5 Å². The number of hydrogen-bond donors (Lipinski definition) is 2. The lowest BCUT2D eigenvalue weighted by Gasteiger charge is -2.08. The molecule has 0 saturated heterocycles. The summed E-state index contributed by atoms with van der Waals surface area (Å²) in [5.74, 6) is 0.667. The van der Waals surface area contributed by atoms with E-state index in [1.807, 2.05) is 24.3 Å². The molecule has 0 fully saturated rings. The SMILES string of the molecule is CCOC(=O)Oc1ccc(C(=O)NCCNC(=O)CCc2cccc(OC)c2)cc1. The van der Waals surface area contributed by atoms with Gasteiger partial charge in [-0.15, -0.1) is 0 Å². The summed E-state index contributed by atoms with van der Waals surface area (Å²) in [6.45, 7) is 2.52. The number of benzene rings is 2. The number of nitrogens with one attached hydrogen (secondary N) is 2. The number of amides is 2. The van der Waals surface area contributed by atoms with Gasteiger partial charge in [-0.3, -0.25) is 9.59 Å². The van der Waals surface area contributed by atoms with Crippen LogP contribution in [0.15, 0.2) is 48.5 Å². The molecule has 2 aromatic rings. The van der Waals surface area contributed by atoms with Crippen molar-refractivity contribution in [3.05, 3.63) is 59.7 Å². The number of hydrogen-bond acceptors (Lipinski definition) is 6. The Hall–Kier alpha value is -3.55. The van der Waals surface area contributed by atoms with E-state index in [-0.39, 0.29) is 24.2 Å². The molecule has 0 aromatic heterocycles. The number of carbonyl (C=O) groups excluding carboxylic acids is 3. The van der Waals surface area contributed by atoms with Crippen LogP contribution >= 0.6 is 0 Å². The van der Waals surface area contributed by atoms with Crippen molar-refractivity contribution in [3.63, 3.8) is 0 Å². The summed E-state index contributed by atoms with van der Waals surface area (Å²) in [6.07, 6.45) is 0.162. The zero-order valence-electron chi connectivity index (χ0n) is 17.1. The molecular weight excluding hydrogens is 388 g/mol. The molecule has 8 nitrogen and oxygen atoms in total. The number of carbonyl (C=O) groups is 3. The summed E-state index contributed by atoms with van der Waals surface area (Å²) < 4.78 is 14.8. The largest absolute Gasteiger partial charge is 0.513 e. The van der Waals surface area contributed by atoms with Crippen molar-refractivity contribution in [3.8, 4) is 11.5 Å². The van der Waals surface area contributed by atoms with Gasteiger partial charge in [-0.2, -0.15) is 0 Å². The van der Waals surface area contributed by atoms with Gasteiger partial charge < -0.3 is 24.8 Å². The van der Waals surface area contributed by atoms with Gasteiger partial charge in [0.25, 0.3) is 5.91 Å². The van der Waals surface area contributed by atoms with Crippen LogP contribution in [0.25, 0.3) is 0 Å². The molecule has 0 saturated carbocycles. The Morgan fingerprint density at radius 2 is 1.67 bits per heavy atom. The minimum absolute atomic E-state index is 0.0902. The molecule has 0 radical (unpaired) electrons. The highest BCUT2D eigenvalue weighted by atomic mass is 16.7. The molecule has 2 aromatic carbocycles. The first-order valence-electron chi connectivity index (χ1n) is 9.64. The first-order valence-corrected chi connectivity index (χ1v) is 9.64. The highest BCUT2D eigenvalue weighted by Crippen LogP contribution is 2.14. The molecule has 0 unspecified atom stereocenters. The van der Waals surface area contributed by atoms with Crippen LogP contribution in [-0.2, 0) is 16.0 Å². The van der Waals surface area contributed by atoms with Gasteiger partial charge in [0.2, 0.25) is 5.91 Å². The summed E-state index contributed by atoms with van der Waals surface area (Å²) in [7, 11) is 1.60. The number of methoxy groups -OCH3 is 1. The van der Waals surface area contributed by atoms with E-state index < -0.39 is 6.16 Å². The molecule has 30 heavy (non-hydrogen) atoms. The average Bonchev–Trinajstić information content (AvgIpc) is 2.76. The van der Waals surface area contributed by atoms with Gasteiger partial charge in [-0.05, 0) is 55.3 Å². The third-order valence-electron chi connectivity index (χ3n) is 4.09. The Balaban J connectivity index is 1.66. The molecule has 0 aliphatic rings. The van der Waals surface area contributed by atoms with Gasteiger partial charge in [-0.25, -0.2) is 4.79 Å². The van der Waals surface area contributed by atoms with Gasteiger partial charge in [-0.1, -0.05) is 12.1 Å². The maximum absolute atomic E-state index is 12.1. The summed E-state index contributed by atoms with van der Waals surface area (Å²) >= 11 is 0. The van der Waals surface area contributed by atoms with Crippen LogP contribution in [0.5, 0.6) is 11.5 Å². The summed E-state index contributed by atoms with van der Waals surface area (Å²) in [5.41, 5.74) is 1.43. The Kier molecular flexibility index (Phi) is 9.18. The monoisotopic (exact) mass is 414 g/mol. The molecule has 160 valence electrons. The van der Waals surface area contributed by atoms with Crippen LogP contribution in [-0.4, -0.2) is 44.8 Å². The molecule has 0 atom stereocenters. The van der Waals surface area contributed by atoms with Crippen LogP contribution in [0.1, 0.15) is 29.3 Å². The summed E-state index contributed by atoms with van der Waals surface area (Å²) in [6, 6.07) is 13.7. The lowest BCUT2D eigenvalue weighted by molar-refractivity contribution is -0.121. The molecule has 0 aliphatic heterocycles. The fourth-order valence-electron chi connectivity index (χ4n) is 2.57. The topological polar surface area (TPSA) is 103 Å². The minimum Gasteiger partial charge on any atom is -0.497 e. The molecular formula is C22H26N2O6. The number of rotatable bonds is 10. The third-order valence-corrected chi connectivity index (χ3v) is 4.09. The fourth-order valence-corrected chi connectivity index (χ4v) is 2.57. The Morgan fingerprint density at radius 1 is 0.933 bits per heavy atom. The number of ether oxygens (including phenoxy) is 3. The summed E-state index contributed by atoms with van der Waals surface area (Å²) in [4.78, 5) is 35.3. The second-order valence-electron chi connectivity index (χ2n) is 6.27. The van der Waals surface area contributed by atoms with Crippen LogP contribution < -0.4 is 20.1 Å². The second kappa shape index (κ2) is 12.1. The highest BCUT2D eigenvalue weighted by molar-refractivity contribution is 5.94. The van der Waals surface area contributed by atoms with E-state index in [9.17, 15) is 14.4 Å². The van der Waals surface area contributed by atoms with Crippen molar-refractivity contribution in [2.75, 3.05) is 26.8 Å². The van der Waals surface area contributed by atoms with Gasteiger partial charge in [0.05, 0.1) is 13.7 Å². The molecule has 0 heterocycles. The van der Waals surface area contributed by atoms with Crippen molar-refractivity contribution < 1.29 is 28.6 Å². The molecule has 0 bridgehead atoms. The summed E-state index contributed by atoms with van der Waals surface area (Å²) in [5, 5.41) is 5.50. The predicted molar refractivity (Wildman–Crippen MR) is 111 cm³/mol. The normalized spacial score (nSPS) is 10.1. The second-order valence-corrected chi connectivity index (χ2v) is 6.27. The van der Waals surface area contributed by atoms with Gasteiger partial charge >= 0.3 is 6.16 Å². The zero-order chi connectivity index (χ0) is 21.8. The predicted octanol–water partition coefficient (Wildman–Crippen LogP) is 2.71. The van der Waals surface area contributed by atoms with Gasteiger partial charge in [0, 0.05) is 25.1 Å². The average molecular weight is 414 g/mol. The minimum atomic E-state index is -0.795. The highest BCUT2D eigenvalue weighted by Gasteiger charge is 2.08. The van der Waals surface area contributed by atoms with Gasteiger partial charge in [0.15, 0.2) is 0 Å². The van der Waals surface area contributed by atoms with Crippen LogP contribution in [0.4, 0.5) is 4.79 Å². The van der Waals surface area contributed by atoms with E-state index in [0.717, 1.165) is 11.3 Å². The van der Waals surface area contributed by atoms with E-state index in [1.54, 1.807) is 14.0 Å². The maximum Gasteiger partial charge on any atom is 0.513 e. The van der Waals surface area contributed by atoms with E-state index in [2.05, 4.69) is 15.4 Å².